The summed E-state index contributed by atoms with van der Waals surface area (Å²) in [5.41, 5.74) is 1.46. The molecule has 4 nitrogen and oxygen atoms in total. The van der Waals surface area contributed by atoms with Crippen LogP contribution in [0.2, 0.25) is 0 Å². The minimum absolute atomic E-state index is 0. The van der Waals surface area contributed by atoms with Crippen LogP contribution in [0.3, 0.4) is 0 Å². The third-order valence-electron chi connectivity index (χ3n) is 4.40. The number of aryl methyl sites for hydroxylation is 1. The Labute approximate surface area is 213 Å². The van der Waals surface area contributed by atoms with Crippen molar-refractivity contribution in [3.8, 4) is 0 Å². The van der Waals surface area contributed by atoms with Gasteiger partial charge in [0.2, 0.25) is 0 Å². The number of rotatable bonds is 12. The number of hydrogen-bond acceptors (Lipinski definition) is 4. The van der Waals surface area contributed by atoms with E-state index in [0.717, 1.165) is 0 Å². The van der Waals surface area contributed by atoms with E-state index in [9.17, 15) is 0 Å². The molecule has 0 saturated carbocycles. The minimum Gasteiger partial charge on any atom is -0.822 e. The van der Waals surface area contributed by atoms with Gasteiger partial charge in [-0.15, -0.1) is 0 Å². The van der Waals surface area contributed by atoms with Gasteiger partial charge in [0.25, 0.3) is 0 Å². The van der Waals surface area contributed by atoms with Gasteiger partial charge in [0.05, 0.1) is 0 Å². The van der Waals surface area contributed by atoms with Gasteiger partial charge in [-0.1, -0.05) is 97.8 Å². The molecule has 0 spiro atoms. The topological polar surface area (TPSA) is 86.2 Å². The Hall–Kier alpha value is 0.681. The van der Waals surface area contributed by atoms with Crippen LogP contribution >= 0.6 is 7.82 Å². The van der Waals surface area contributed by atoms with Gasteiger partial charge < -0.3 is 26.2 Å². The number of hydrogen-bond donors (Lipinski definition) is 0. The standard InChI is InChI=1S/C15H23.C8H17.Nd.H3O4P/c1-2-3-4-5-6-7-9-12-15-13-10-8-11-14-15;1-4-6-7-8(3)5-2;;1-5(2,3)4/h10-11,13-14H,2-7,9,12H2,1H3;8H,3-7H2,1-2H3;;(H3,1,2,3,4)/q2*-1;+3;/p-3. The van der Waals surface area contributed by atoms with Crippen LogP contribution in [0.15, 0.2) is 24.3 Å². The molecule has 0 aliphatic carbocycles. The van der Waals surface area contributed by atoms with Crippen LogP contribution in [0, 0.1) is 59.7 Å². The van der Waals surface area contributed by atoms with Crippen LogP contribution in [0.1, 0.15) is 97.0 Å². The van der Waals surface area contributed by atoms with E-state index in [1.165, 1.54) is 82.6 Å². The van der Waals surface area contributed by atoms with E-state index in [1.807, 2.05) is 12.1 Å². The zero-order valence-corrected chi connectivity index (χ0v) is 22.8. The fourth-order valence-corrected chi connectivity index (χ4v) is 2.57. The van der Waals surface area contributed by atoms with Crippen molar-refractivity contribution >= 4 is 7.82 Å². The normalized spacial score (nSPS) is 11.3. The number of benzene rings is 1. The van der Waals surface area contributed by atoms with E-state index in [0.29, 0.717) is 5.92 Å². The molecule has 29 heavy (non-hydrogen) atoms. The summed E-state index contributed by atoms with van der Waals surface area (Å²) in [6.45, 7) is 10.7. The molecule has 1 aromatic rings. The third kappa shape index (κ3) is 36.4. The second-order valence-corrected chi connectivity index (χ2v) is 8.04. The van der Waals surface area contributed by atoms with Gasteiger partial charge in [-0.2, -0.15) is 49.6 Å². The Morgan fingerprint density at radius 3 is 1.79 bits per heavy atom. The quantitative estimate of drug-likeness (QED) is 0.207. The zero-order chi connectivity index (χ0) is 21.7. The van der Waals surface area contributed by atoms with Gasteiger partial charge in [-0.25, -0.2) is 0 Å². The SMILES string of the molecule is CCCCCCCCCc1cc[c-]cc1.O=P([O-])([O-])[O-].[CH2-]C(CC)CCCC.[Nd+3]. The van der Waals surface area contributed by atoms with Crippen molar-refractivity contribution < 1.29 is 60.1 Å². The summed E-state index contributed by atoms with van der Waals surface area (Å²) in [4.78, 5) is 25.6. The molecule has 1 rings (SSSR count). The van der Waals surface area contributed by atoms with Crippen molar-refractivity contribution in [3.05, 3.63) is 42.8 Å². The second-order valence-electron chi connectivity index (χ2n) is 7.14. The van der Waals surface area contributed by atoms with Crippen molar-refractivity contribution in [2.45, 2.75) is 97.8 Å². The first-order chi connectivity index (χ1) is 13.2. The molecule has 1 atom stereocenters. The largest absolute Gasteiger partial charge is 3.00 e. The molecular weight excluding hydrogens is 515 g/mol. The predicted octanol–water partition coefficient (Wildman–Crippen LogP) is 4.99. The number of phosphoric acid groups is 1. The average molecular weight is 556 g/mol. The summed E-state index contributed by atoms with van der Waals surface area (Å²) in [6.07, 6.45) is 16.2. The molecule has 1 unspecified atom stereocenters. The van der Waals surface area contributed by atoms with Crippen LogP contribution in [0.25, 0.3) is 0 Å². The van der Waals surface area contributed by atoms with Crippen molar-refractivity contribution in [3.63, 3.8) is 0 Å². The van der Waals surface area contributed by atoms with Crippen molar-refractivity contribution in [1.82, 2.24) is 0 Å². The van der Waals surface area contributed by atoms with Crippen molar-refractivity contribution in [2.75, 3.05) is 0 Å². The summed E-state index contributed by atoms with van der Waals surface area (Å²) in [7, 11) is -5.39. The molecule has 0 fully saturated rings. The summed E-state index contributed by atoms with van der Waals surface area (Å²) in [5, 5.41) is 0. The molecular formula is C23H40NdO4P-2. The molecule has 0 N–H and O–H groups in total. The van der Waals surface area contributed by atoms with Crippen molar-refractivity contribution in [1.29, 1.82) is 0 Å². The number of unbranched alkanes of at least 4 members (excludes halogenated alkanes) is 7. The van der Waals surface area contributed by atoms with Crippen LogP contribution < -0.4 is 14.7 Å². The molecule has 0 heterocycles. The first kappa shape index (κ1) is 34.3. The Bertz CT molecular complexity index is 457. The third-order valence-corrected chi connectivity index (χ3v) is 4.40. The first-order valence-electron chi connectivity index (χ1n) is 10.8. The van der Waals surface area contributed by atoms with Crippen LogP contribution in [0.4, 0.5) is 0 Å². The van der Waals surface area contributed by atoms with Gasteiger partial charge in [0.1, 0.15) is 0 Å². The van der Waals surface area contributed by atoms with Gasteiger partial charge in [-0.3, -0.25) is 0 Å². The molecule has 1 aromatic carbocycles. The maximum Gasteiger partial charge on any atom is 3.00 e. The molecule has 0 saturated heterocycles. The van der Waals surface area contributed by atoms with Crippen molar-refractivity contribution in [2.24, 2.45) is 5.92 Å². The minimum atomic E-state index is -5.39. The van der Waals surface area contributed by atoms with E-state index in [2.05, 4.69) is 45.9 Å². The molecule has 0 bridgehead atoms. The van der Waals surface area contributed by atoms with E-state index in [4.69, 9.17) is 19.2 Å². The molecule has 0 amide bonds. The maximum atomic E-state index is 8.55. The van der Waals surface area contributed by atoms with Crippen LogP contribution in [-0.4, -0.2) is 0 Å². The van der Waals surface area contributed by atoms with Crippen LogP contribution in [0.5, 0.6) is 0 Å². The van der Waals surface area contributed by atoms with E-state index >= 15 is 0 Å². The molecule has 167 valence electrons. The van der Waals surface area contributed by atoms with E-state index < -0.39 is 7.82 Å². The van der Waals surface area contributed by atoms with Gasteiger partial charge in [0, 0.05) is 0 Å². The monoisotopic (exact) mass is 553 g/mol. The summed E-state index contributed by atoms with van der Waals surface area (Å²) in [5.74, 6) is 0.704. The summed E-state index contributed by atoms with van der Waals surface area (Å²) >= 11 is 0. The predicted molar refractivity (Wildman–Crippen MR) is 113 cm³/mol. The average Bonchev–Trinajstić information content (AvgIpc) is 2.65. The van der Waals surface area contributed by atoms with Gasteiger partial charge in [-0.05, 0) is 0 Å². The molecule has 0 aromatic heterocycles. The molecule has 1 radical (unpaired) electrons. The Kier molecular flexibility index (Phi) is 29.5. The molecule has 0 aliphatic heterocycles. The smallest absolute Gasteiger partial charge is 0.822 e. The summed E-state index contributed by atoms with van der Waals surface area (Å²) < 4.78 is 8.55. The Morgan fingerprint density at radius 2 is 1.34 bits per heavy atom. The Balaban J connectivity index is -0.000000409. The van der Waals surface area contributed by atoms with E-state index in [1.54, 1.807) is 0 Å². The first-order valence-corrected chi connectivity index (χ1v) is 12.2. The Morgan fingerprint density at radius 1 is 0.897 bits per heavy atom. The molecule has 0 aliphatic rings. The molecule has 6 heteroatoms. The fraction of sp³-hybridized carbons (Fsp3) is 0.696. The second kappa shape index (κ2) is 24.9. The van der Waals surface area contributed by atoms with Gasteiger partial charge >= 0.3 is 40.8 Å². The van der Waals surface area contributed by atoms with Gasteiger partial charge in [0.15, 0.2) is 0 Å². The van der Waals surface area contributed by atoms with Crippen LogP contribution in [-0.2, 0) is 11.0 Å². The maximum absolute atomic E-state index is 8.55. The van der Waals surface area contributed by atoms with E-state index in [-0.39, 0.29) is 40.8 Å². The zero-order valence-electron chi connectivity index (χ0n) is 18.7. The summed E-state index contributed by atoms with van der Waals surface area (Å²) in [6, 6.07) is 11.4. The fourth-order valence-electron chi connectivity index (χ4n) is 2.57.